The summed E-state index contributed by atoms with van der Waals surface area (Å²) in [4.78, 5) is 11.6. The van der Waals surface area contributed by atoms with Crippen LogP contribution in [0.15, 0.2) is 59.5 Å². The number of nitrogens with one attached hydrogen (secondary N) is 1. The summed E-state index contributed by atoms with van der Waals surface area (Å²) in [6, 6.07) is 13.9. The Labute approximate surface area is 166 Å². The first-order chi connectivity index (χ1) is 13.3. The maximum absolute atomic E-state index is 12.5. The number of carbonyl (C=O) groups excluding carboxylic acids is 1. The van der Waals surface area contributed by atoms with Gasteiger partial charge in [0.05, 0.1) is 12.0 Å². The highest BCUT2D eigenvalue weighted by atomic mass is 35.5. The number of aromatic nitrogens is 2. The van der Waals surface area contributed by atoms with Crippen molar-refractivity contribution < 1.29 is 22.7 Å². The van der Waals surface area contributed by atoms with E-state index in [1.54, 1.807) is 24.3 Å². The molecule has 0 unspecified atom stereocenters. The van der Waals surface area contributed by atoms with Gasteiger partial charge in [0.1, 0.15) is 17.2 Å². The molecule has 1 aromatic heterocycles. The molecule has 3 rings (SSSR count). The molecule has 146 valence electrons. The number of sulfonamides is 1. The van der Waals surface area contributed by atoms with Gasteiger partial charge in [-0.2, -0.15) is 5.10 Å². The van der Waals surface area contributed by atoms with Gasteiger partial charge in [-0.05, 0) is 48.5 Å². The van der Waals surface area contributed by atoms with Gasteiger partial charge in [0.25, 0.3) is 10.0 Å². The predicted molar refractivity (Wildman–Crippen MR) is 103 cm³/mol. The van der Waals surface area contributed by atoms with Gasteiger partial charge >= 0.3 is 5.97 Å². The third-order valence-corrected chi connectivity index (χ3v) is 5.32. The monoisotopic (exact) mass is 421 g/mol. The van der Waals surface area contributed by atoms with E-state index in [-0.39, 0.29) is 16.4 Å². The van der Waals surface area contributed by atoms with Crippen molar-refractivity contribution in [1.82, 2.24) is 9.78 Å². The molecule has 10 heteroatoms. The third-order valence-electron chi connectivity index (χ3n) is 3.70. The number of hydrogen-bond donors (Lipinski definition) is 1. The van der Waals surface area contributed by atoms with E-state index in [1.165, 1.54) is 49.2 Å². The normalized spacial score (nSPS) is 11.1. The molecule has 0 atom stereocenters. The highest BCUT2D eigenvalue weighted by Gasteiger charge is 2.19. The van der Waals surface area contributed by atoms with E-state index in [4.69, 9.17) is 16.3 Å². The maximum atomic E-state index is 12.5. The molecule has 2 aromatic carbocycles. The number of hydrogen-bond acceptors (Lipinski definition) is 6. The predicted octanol–water partition coefficient (Wildman–Crippen LogP) is 3.45. The summed E-state index contributed by atoms with van der Waals surface area (Å²) in [6.45, 7) is 0. The number of methoxy groups -OCH3 is 1. The third kappa shape index (κ3) is 4.44. The molecule has 3 aromatic rings. The zero-order valence-electron chi connectivity index (χ0n) is 14.9. The van der Waals surface area contributed by atoms with Crippen molar-refractivity contribution in [3.63, 3.8) is 0 Å². The first-order valence-corrected chi connectivity index (χ1v) is 9.83. The number of esters is 1. The van der Waals surface area contributed by atoms with Crippen LogP contribution in [0.3, 0.4) is 0 Å². The second-order valence-electron chi connectivity index (χ2n) is 5.66. The molecule has 0 amide bonds. The molecular weight excluding hydrogens is 406 g/mol. The number of nitrogens with zero attached hydrogens (tertiary/aromatic N) is 2. The standard InChI is InChI=1S/C18H16ClN3O5S/c1-22-16(18(23)26-2)11-17(20-22)21-28(24,25)15-9-7-14(8-10-15)27-13-5-3-12(19)4-6-13/h3-11H,1-2H3,(H,20,21). The summed E-state index contributed by atoms with van der Waals surface area (Å²) in [5, 5.41) is 4.55. The summed E-state index contributed by atoms with van der Waals surface area (Å²) in [5.74, 6) is 0.419. The SMILES string of the molecule is COC(=O)c1cc(NS(=O)(=O)c2ccc(Oc3ccc(Cl)cc3)cc2)nn1C. The number of carbonyl (C=O) groups is 1. The zero-order chi connectivity index (χ0) is 20.3. The summed E-state index contributed by atoms with van der Waals surface area (Å²) in [6.07, 6.45) is 0. The minimum Gasteiger partial charge on any atom is -0.464 e. The van der Waals surface area contributed by atoms with Crippen LogP contribution in [-0.4, -0.2) is 31.3 Å². The van der Waals surface area contributed by atoms with Crippen LogP contribution in [-0.2, 0) is 21.8 Å². The van der Waals surface area contributed by atoms with Crippen LogP contribution >= 0.6 is 11.6 Å². The lowest BCUT2D eigenvalue weighted by Gasteiger charge is -2.08. The van der Waals surface area contributed by atoms with Crippen molar-refractivity contribution >= 4 is 33.4 Å². The van der Waals surface area contributed by atoms with E-state index in [0.29, 0.717) is 16.5 Å². The molecule has 0 spiro atoms. The Morgan fingerprint density at radius 2 is 1.64 bits per heavy atom. The molecule has 0 aliphatic heterocycles. The lowest BCUT2D eigenvalue weighted by molar-refractivity contribution is 0.0588. The van der Waals surface area contributed by atoms with Gasteiger partial charge in [0.15, 0.2) is 5.82 Å². The number of benzene rings is 2. The van der Waals surface area contributed by atoms with Crippen molar-refractivity contribution in [2.75, 3.05) is 11.8 Å². The number of aryl methyl sites for hydroxylation is 1. The van der Waals surface area contributed by atoms with Crippen LogP contribution in [0.5, 0.6) is 11.5 Å². The van der Waals surface area contributed by atoms with E-state index < -0.39 is 16.0 Å². The first-order valence-electron chi connectivity index (χ1n) is 7.97. The minimum atomic E-state index is -3.90. The van der Waals surface area contributed by atoms with Crippen LogP contribution in [0.1, 0.15) is 10.5 Å². The number of halogens is 1. The Balaban J connectivity index is 1.75. The van der Waals surface area contributed by atoms with Gasteiger partial charge in [-0.25, -0.2) is 13.2 Å². The van der Waals surface area contributed by atoms with Gasteiger partial charge in [-0.15, -0.1) is 0 Å². The van der Waals surface area contributed by atoms with E-state index in [1.807, 2.05) is 0 Å². The van der Waals surface area contributed by atoms with Crippen LogP contribution in [0.25, 0.3) is 0 Å². The fourth-order valence-electron chi connectivity index (χ4n) is 2.33. The minimum absolute atomic E-state index is 0.00407. The smallest absolute Gasteiger partial charge is 0.356 e. The van der Waals surface area contributed by atoms with Gasteiger partial charge in [-0.1, -0.05) is 11.6 Å². The first kappa shape index (κ1) is 19.7. The van der Waals surface area contributed by atoms with Crippen LogP contribution < -0.4 is 9.46 Å². The Hall–Kier alpha value is -3.04. The van der Waals surface area contributed by atoms with Crippen molar-refractivity contribution in [1.29, 1.82) is 0 Å². The topological polar surface area (TPSA) is 99.5 Å². The van der Waals surface area contributed by atoms with Crippen molar-refractivity contribution in [2.24, 2.45) is 7.05 Å². The van der Waals surface area contributed by atoms with Crippen LogP contribution in [0.4, 0.5) is 5.82 Å². The summed E-state index contributed by atoms with van der Waals surface area (Å²) in [7, 11) is -1.16. The Kier molecular flexibility index (Phi) is 5.57. The van der Waals surface area contributed by atoms with E-state index in [0.717, 1.165) is 0 Å². The molecule has 1 N–H and O–H groups in total. The van der Waals surface area contributed by atoms with Gasteiger partial charge in [0, 0.05) is 18.1 Å². The lowest BCUT2D eigenvalue weighted by atomic mass is 10.3. The fraction of sp³-hybridized carbons (Fsp3) is 0.111. The molecule has 0 bridgehead atoms. The van der Waals surface area contributed by atoms with Crippen molar-refractivity contribution in [3.8, 4) is 11.5 Å². The molecule has 0 saturated carbocycles. The Morgan fingerprint density at radius 3 is 2.21 bits per heavy atom. The fourth-order valence-corrected chi connectivity index (χ4v) is 3.45. The number of anilines is 1. The van der Waals surface area contributed by atoms with E-state index in [9.17, 15) is 13.2 Å². The summed E-state index contributed by atoms with van der Waals surface area (Å²) >= 11 is 5.83. The van der Waals surface area contributed by atoms with Crippen LogP contribution in [0, 0.1) is 0 Å². The molecule has 0 aliphatic carbocycles. The lowest BCUT2D eigenvalue weighted by Crippen LogP contribution is -2.13. The molecule has 0 radical (unpaired) electrons. The quantitative estimate of drug-likeness (QED) is 0.612. The zero-order valence-corrected chi connectivity index (χ0v) is 16.5. The van der Waals surface area contributed by atoms with E-state index >= 15 is 0 Å². The molecular formula is C18H16ClN3O5S. The average Bonchev–Trinajstić information content (AvgIpc) is 3.03. The Bertz CT molecular complexity index is 1090. The second kappa shape index (κ2) is 7.91. The molecule has 0 aliphatic rings. The average molecular weight is 422 g/mol. The number of rotatable bonds is 6. The summed E-state index contributed by atoms with van der Waals surface area (Å²) < 4.78 is 38.9. The molecule has 8 nitrogen and oxygen atoms in total. The van der Waals surface area contributed by atoms with Gasteiger partial charge in [0.2, 0.25) is 0 Å². The highest BCUT2D eigenvalue weighted by molar-refractivity contribution is 7.92. The van der Waals surface area contributed by atoms with Gasteiger partial charge in [-0.3, -0.25) is 9.40 Å². The largest absolute Gasteiger partial charge is 0.464 e. The molecule has 0 saturated heterocycles. The van der Waals surface area contributed by atoms with Crippen molar-refractivity contribution in [2.45, 2.75) is 4.90 Å². The Morgan fingerprint density at radius 1 is 1.07 bits per heavy atom. The summed E-state index contributed by atoms with van der Waals surface area (Å²) in [5.41, 5.74) is 0.118. The molecule has 0 fully saturated rings. The van der Waals surface area contributed by atoms with Crippen molar-refractivity contribution in [3.05, 3.63) is 65.3 Å². The van der Waals surface area contributed by atoms with Gasteiger partial charge < -0.3 is 9.47 Å². The number of ether oxygens (including phenoxy) is 2. The highest BCUT2D eigenvalue weighted by Crippen LogP contribution is 2.25. The molecule has 1 heterocycles. The van der Waals surface area contributed by atoms with E-state index in [2.05, 4.69) is 14.6 Å². The van der Waals surface area contributed by atoms with Crippen LogP contribution in [0.2, 0.25) is 5.02 Å². The molecule has 28 heavy (non-hydrogen) atoms. The maximum Gasteiger partial charge on any atom is 0.356 e. The second-order valence-corrected chi connectivity index (χ2v) is 7.78.